The Hall–Kier alpha value is -3.62. The fourth-order valence-electron chi connectivity index (χ4n) is 6.40. The van der Waals surface area contributed by atoms with Crippen LogP contribution >= 0.6 is 0 Å². The zero-order chi connectivity index (χ0) is 39.0. The number of carboxylic acids is 1. The van der Waals surface area contributed by atoms with Crippen molar-refractivity contribution in [3.63, 3.8) is 0 Å². The van der Waals surface area contributed by atoms with Crippen LogP contribution in [0.3, 0.4) is 0 Å². The predicted octanol–water partition coefficient (Wildman–Crippen LogP) is 5.38. The van der Waals surface area contributed by atoms with Gasteiger partial charge in [0.2, 0.25) is 15.9 Å². The smallest absolute Gasteiger partial charge is 0.309 e. The zero-order valence-electron chi connectivity index (χ0n) is 32.3. The fraction of sp³-hybridized carbons (Fsp3) is 0.575. The van der Waals surface area contributed by atoms with Crippen LogP contribution < -0.4 is 5.73 Å². The number of rotatable bonds is 20. The maximum atomic E-state index is 13.9. The molecule has 53 heavy (non-hydrogen) atoms. The second kappa shape index (κ2) is 18.1. The average Bonchev–Trinajstić information content (AvgIpc) is 3.27. The molecular weight excluding hydrogens is 695 g/mol. The average molecular weight is 754 g/mol. The number of aliphatic hydroxyl groups excluding tert-OH is 1. The molecule has 2 aliphatic heterocycles. The first-order chi connectivity index (χ1) is 25.0. The lowest BCUT2D eigenvalue weighted by atomic mass is 9.90. The molecule has 2 aromatic rings. The number of nitrogens with two attached hydrogens (primary N) is 1. The van der Waals surface area contributed by atoms with E-state index >= 15 is 0 Å². The minimum absolute atomic E-state index is 0.0284. The van der Waals surface area contributed by atoms with Gasteiger partial charge in [0.05, 0.1) is 21.6 Å². The van der Waals surface area contributed by atoms with Gasteiger partial charge in [0.15, 0.2) is 0 Å². The Balaban J connectivity index is 1.38. The number of ether oxygens (including phenoxy) is 1. The summed E-state index contributed by atoms with van der Waals surface area (Å²) in [6.07, 6.45) is 5.79. The summed E-state index contributed by atoms with van der Waals surface area (Å²) in [5, 5.41) is 18.7. The van der Waals surface area contributed by atoms with Crippen molar-refractivity contribution in [3.8, 4) is 11.1 Å². The van der Waals surface area contributed by atoms with E-state index in [1.165, 1.54) is 4.31 Å². The van der Waals surface area contributed by atoms with E-state index in [0.717, 1.165) is 55.5 Å². The van der Waals surface area contributed by atoms with E-state index in [1.54, 1.807) is 32.0 Å². The lowest BCUT2D eigenvalue weighted by Gasteiger charge is -2.36. The Morgan fingerprint density at radius 2 is 1.74 bits per heavy atom. The standard InChI is InChI=1S/C40H59N5O7S/c1-7-17-44(19-10-18-43(6)20-15-40(5,8-2)52-21-16-39(3,4)38(48)49)37(47)33-22-32-14-13-31(24-35(32)42-36(41)25-33)30-11-9-12-34(23-30)53(50,51)45-26-29(27-45)28-46/h9,11-14,22-24,29,46H,7-8,10,15-21,25-28H2,1-6H3,(H2,41,42)(H,48,49). The summed E-state index contributed by atoms with van der Waals surface area (Å²) in [5.74, 6) is -0.581. The molecule has 1 unspecified atom stereocenters. The highest BCUT2D eigenvalue weighted by Gasteiger charge is 2.36. The maximum absolute atomic E-state index is 13.9. The van der Waals surface area contributed by atoms with Crippen molar-refractivity contribution in [2.45, 2.75) is 83.6 Å². The number of benzene rings is 2. The van der Waals surface area contributed by atoms with Gasteiger partial charge in [-0.1, -0.05) is 38.1 Å². The van der Waals surface area contributed by atoms with Crippen LogP contribution in [0.1, 0.15) is 78.7 Å². The Morgan fingerprint density at radius 1 is 1.02 bits per heavy atom. The molecule has 0 bridgehead atoms. The van der Waals surface area contributed by atoms with Crippen LogP contribution in [0.25, 0.3) is 17.2 Å². The monoisotopic (exact) mass is 753 g/mol. The highest BCUT2D eigenvalue weighted by molar-refractivity contribution is 7.89. The van der Waals surface area contributed by atoms with Crippen LogP contribution in [0.4, 0.5) is 5.69 Å². The van der Waals surface area contributed by atoms with Crippen molar-refractivity contribution in [3.05, 3.63) is 53.6 Å². The highest BCUT2D eigenvalue weighted by Crippen LogP contribution is 2.34. The topological polar surface area (TPSA) is 166 Å². The molecule has 2 aromatic carbocycles. The molecule has 0 radical (unpaired) electrons. The van der Waals surface area contributed by atoms with Crippen molar-refractivity contribution < 1.29 is 33.0 Å². The molecule has 0 aromatic heterocycles. The number of sulfonamides is 1. The molecule has 1 saturated heterocycles. The normalized spacial score (nSPS) is 16.6. The molecule has 292 valence electrons. The number of carbonyl (C=O) groups is 2. The molecule has 1 amide bonds. The van der Waals surface area contributed by atoms with E-state index in [2.05, 4.69) is 37.7 Å². The van der Waals surface area contributed by atoms with Gasteiger partial charge in [-0.15, -0.1) is 0 Å². The Bertz CT molecular complexity index is 1770. The van der Waals surface area contributed by atoms with Gasteiger partial charge in [-0.3, -0.25) is 9.59 Å². The van der Waals surface area contributed by atoms with Gasteiger partial charge < -0.3 is 30.5 Å². The van der Waals surface area contributed by atoms with Gasteiger partial charge in [0.1, 0.15) is 5.84 Å². The van der Waals surface area contributed by atoms with E-state index in [9.17, 15) is 28.2 Å². The number of carbonyl (C=O) groups excluding carboxylic acids is 1. The number of aliphatic carboxylic acids is 1. The molecule has 13 heteroatoms. The molecular formula is C40H59N5O7S. The number of fused-ring (bicyclic) bond motifs is 1. The van der Waals surface area contributed by atoms with Crippen LogP contribution in [0, 0.1) is 11.3 Å². The third-order valence-electron chi connectivity index (χ3n) is 10.5. The van der Waals surface area contributed by atoms with E-state index in [-0.39, 0.29) is 35.3 Å². The quantitative estimate of drug-likeness (QED) is 0.161. The third kappa shape index (κ3) is 11.0. The Morgan fingerprint density at radius 3 is 2.40 bits per heavy atom. The van der Waals surface area contributed by atoms with Gasteiger partial charge in [0, 0.05) is 69.4 Å². The summed E-state index contributed by atoms with van der Waals surface area (Å²) in [6, 6.07) is 12.5. The lowest BCUT2D eigenvalue weighted by molar-refractivity contribution is -0.149. The number of aliphatic imine (C=N–C) groups is 1. The Kier molecular flexibility index (Phi) is 14.4. The van der Waals surface area contributed by atoms with Crippen molar-refractivity contribution in [1.82, 2.24) is 14.1 Å². The SMILES string of the molecule is CCCN(CCCN(C)CCC(C)(CC)OCCC(C)(C)C(=O)O)C(=O)C1=Cc2ccc(-c3cccc(S(=O)(=O)N4CC(CO)C4)c3)cc2N=C(N)C1. The molecule has 0 saturated carbocycles. The number of hydrogen-bond acceptors (Lipinski definition) is 9. The fourth-order valence-corrected chi connectivity index (χ4v) is 8.03. The number of hydrogen-bond donors (Lipinski definition) is 3. The minimum Gasteiger partial charge on any atom is -0.481 e. The molecule has 12 nitrogen and oxygen atoms in total. The summed E-state index contributed by atoms with van der Waals surface area (Å²) in [6.45, 7) is 13.5. The van der Waals surface area contributed by atoms with Gasteiger partial charge in [-0.2, -0.15) is 4.31 Å². The number of aliphatic hydroxyl groups is 1. The summed E-state index contributed by atoms with van der Waals surface area (Å²) in [4.78, 5) is 34.4. The van der Waals surface area contributed by atoms with Crippen LogP contribution in [-0.2, 0) is 24.3 Å². The molecule has 4 rings (SSSR count). The Labute approximate surface area is 315 Å². The van der Waals surface area contributed by atoms with Crippen LogP contribution in [-0.4, -0.2) is 116 Å². The van der Waals surface area contributed by atoms with Crippen LogP contribution in [0.15, 0.2) is 57.9 Å². The molecule has 2 heterocycles. The number of nitrogens with zero attached hydrogens (tertiary/aromatic N) is 4. The minimum atomic E-state index is -3.67. The van der Waals surface area contributed by atoms with E-state index in [1.807, 2.05) is 35.2 Å². The summed E-state index contributed by atoms with van der Waals surface area (Å²) < 4.78 is 33.9. The molecule has 4 N–H and O–H groups in total. The first-order valence-corrected chi connectivity index (χ1v) is 20.2. The third-order valence-corrected chi connectivity index (χ3v) is 12.4. The highest BCUT2D eigenvalue weighted by atomic mass is 32.2. The van der Waals surface area contributed by atoms with Crippen molar-refractivity contribution in [2.75, 3.05) is 59.5 Å². The van der Waals surface area contributed by atoms with E-state index in [0.29, 0.717) is 56.3 Å². The second-order valence-electron chi connectivity index (χ2n) is 15.4. The lowest BCUT2D eigenvalue weighted by Crippen LogP contribution is -2.51. The summed E-state index contributed by atoms with van der Waals surface area (Å²) in [5.41, 5.74) is 8.66. The van der Waals surface area contributed by atoms with Crippen molar-refractivity contribution in [1.29, 1.82) is 0 Å². The summed E-state index contributed by atoms with van der Waals surface area (Å²) >= 11 is 0. The number of carboxylic acid groups (broad SMARTS) is 1. The van der Waals surface area contributed by atoms with Gasteiger partial charge >= 0.3 is 5.97 Å². The van der Waals surface area contributed by atoms with E-state index < -0.39 is 21.4 Å². The maximum Gasteiger partial charge on any atom is 0.309 e. The molecule has 0 aliphatic carbocycles. The van der Waals surface area contributed by atoms with Crippen LogP contribution in [0.5, 0.6) is 0 Å². The van der Waals surface area contributed by atoms with Gasteiger partial charge in [-0.25, -0.2) is 13.4 Å². The molecule has 2 aliphatic rings. The molecule has 1 atom stereocenters. The van der Waals surface area contributed by atoms with Gasteiger partial charge in [-0.05, 0) is 102 Å². The second-order valence-corrected chi connectivity index (χ2v) is 17.3. The number of amides is 1. The first kappa shape index (κ1) is 42.1. The predicted molar refractivity (Wildman–Crippen MR) is 209 cm³/mol. The van der Waals surface area contributed by atoms with Gasteiger partial charge in [0.25, 0.3) is 0 Å². The molecule has 0 spiro atoms. The largest absolute Gasteiger partial charge is 0.481 e. The van der Waals surface area contributed by atoms with Crippen molar-refractivity contribution >= 4 is 39.5 Å². The first-order valence-electron chi connectivity index (χ1n) is 18.8. The van der Waals surface area contributed by atoms with E-state index in [4.69, 9.17) is 10.5 Å². The zero-order valence-corrected chi connectivity index (χ0v) is 33.1. The summed E-state index contributed by atoms with van der Waals surface area (Å²) in [7, 11) is -1.60. The van der Waals surface area contributed by atoms with Crippen LogP contribution in [0.2, 0.25) is 0 Å². The van der Waals surface area contributed by atoms with Crippen molar-refractivity contribution in [2.24, 2.45) is 22.1 Å². The molecule has 1 fully saturated rings. The number of amidine groups is 1.